The summed E-state index contributed by atoms with van der Waals surface area (Å²) in [5.41, 5.74) is 0.437. The molecule has 0 aliphatic rings. The third-order valence-corrected chi connectivity index (χ3v) is 4.43. The first-order valence-corrected chi connectivity index (χ1v) is 8.98. The van der Waals surface area contributed by atoms with Crippen molar-refractivity contribution in [1.82, 2.24) is 10.3 Å². The fraction of sp³-hybridized carbons (Fsp3) is 0.133. The summed E-state index contributed by atoms with van der Waals surface area (Å²) < 4.78 is 23.2. The zero-order chi connectivity index (χ0) is 17.9. The Hall–Kier alpha value is -2.45. The summed E-state index contributed by atoms with van der Waals surface area (Å²) in [6.45, 7) is 0. The van der Waals surface area contributed by atoms with Crippen molar-refractivity contribution in [2.45, 2.75) is 4.90 Å². The van der Waals surface area contributed by atoms with E-state index in [2.05, 4.69) is 15.6 Å². The molecule has 2 aromatic rings. The molecule has 0 saturated carbocycles. The SMILES string of the molecule is CNC(=O)c1cnc(Cl)cc1NC(=O)c1cccc(S(C)(=O)=O)c1. The maximum atomic E-state index is 12.4. The fourth-order valence-corrected chi connectivity index (χ4v) is 2.74. The van der Waals surface area contributed by atoms with Crippen LogP contribution >= 0.6 is 11.6 Å². The second-order valence-electron chi connectivity index (χ2n) is 4.89. The minimum Gasteiger partial charge on any atom is -0.355 e. The van der Waals surface area contributed by atoms with E-state index in [0.717, 1.165) is 6.26 Å². The highest BCUT2D eigenvalue weighted by atomic mass is 35.5. The smallest absolute Gasteiger partial charge is 0.255 e. The van der Waals surface area contributed by atoms with Gasteiger partial charge in [0.25, 0.3) is 11.8 Å². The summed E-state index contributed by atoms with van der Waals surface area (Å²) in [5.74, 6) is -1.02. The summed E-state index contributed by atoms with van der Waals surface area (Å²) >= 11 is 5.81. The van der Waals surface area contributed by atoms with Crippen molar-refractivity contribution in [3.8, 4) is 0 Å². The summed E-state index contributed by atoms with van der Waals surface area (Å²) in [6, 6.07) is 6.92. The third-order valence-electron chi connectivity index (χ3n) is 3.11. The van der Waals surface area contributed by atoms with E-state index >= 15 is 0 Å². The van der Waals surface area contributed by atoms with Gasteiger partial charge in [-0.25, -0.2) is 13.4 Å². The Morgan fingerprint density at radius 2 is 1.88 bits per heavy atom. The van der Waals surface area contributed by atoms with Gasteiger partial charge in [-0.2, -0.15) is 0 Å². The maximum absolute atomic E-state index is 12.4. The molecular formula is C15H14ClN3O4S. The van der Waals surface area contributed by atoms with Crippen LogP contribution in [0.25, 0.3) is 0 Å². The highest BCUT2D eigenvalue weighted by molar-refractivity contribution is 7.90. The zero-order valence-corrected chi connectivity index (χ0v) is 14.4. The van der Waals surface area contributed by atoms with Crippen molar-refractivity contribution in [3.63, 3.8) is 0 Å². The molecule has 2 amide bonds. The van der Waals surface area contributed by atoms with Gasteiger partial charge in [-0.1, -0.05) is 17.7 Å². The van der Waals surface area contributed by atoms with Crippen LogP contribution in [0.4, 0.5) is 5.69 Å². The van der Waals surface area contributed by atoms with Crippen LogP contribution in [0.15, 0.2) is 41.4 Å². The van der Waals surface area contributed by atoms with E-state index < -0.39 is 21.7 Å². The van der Waals surface area contributed by atoms with E-state index in [1.165, 1.54) is 43.6 Å². The van der Waals surface area contributed by atoms with E-state index in [1.807, 2.05) is 0 Å². The molecule has 2 N–H and O–H groups in total. The number of hydrogen-bond acceptors (Lipinski definition) is 5. The molecule has 0 aliphatic carbocycles. The average molecular weight is 368 g/mol. The highest BCUT2D eigenvalue weighted by Crippen LogP contribution is 2.20. The number of rotatable bonds is 4. The Balaban J connectivity index is 2.37. The van der Waals surface area contributed by atoms with Crippen LogP contribution in [-0.2, 0) is 9.84 Å². The number of amides is 2. The minimum absolute atomic E-state index is 0.0226. The summed E-state index contributed by atoms with van der Waals surface area (Å²) in [6.07, 6.45) is 2.29. The van der Waals surface area contributed by atoms with Crippen LogP contribution in [0, 0.1) is 0 Å². The lowest BCUT2D eigenvalue weighted by atomic mass is 10.2. The average Bonchev–Trinajstić information content (AvgIpc) is 2.53. The molecule has 24 heavy (non-hydrogen) atoms. The lowest BCUT2D eigenvalue weighted by molar-refractivity contribution is 0.0963. The summed E-state index contributed by atoms with van der Waals surface area (Å²) in [7, 11) is -2.00. The van der Waals surface area contributed by atoms with Gasteiger partial charge in [-0.3, -0.25) is 9.59 Å². The molecule has 0 bridgehead atoms. The van der Waals surface area contributed by atoms with Crippen molar-refractivity contribution >= 4 is 38.9 Å². The number of aromatic nitrogens is 1. The van der Waals surface area contributed by atoms with Gasteiger partial charge in [0.1, 0.15) is 5.15 Å². The predicted molar refractivity (Wildman–Crippen MR) is 90.1 cm³/mol. The number of pyridine rings is 1. The van der Waals surface area contributed by atoms with E-state index in [1.54, 1.807) is 0 Å². The van der Waals surface area contributed by atoms with E-state index in [9.17, 15) is 18.0 Å². The second kappa shape index (κ2) is 6.98. The number of sulfone groups is 1. The van der Waals surface area contributed by atoms with E-state index in [-0.39, 0.29) is 26.9 Å². The Bertz CT molecular complexity index is 913. The monoisotopic (exact) mass is 367 g/mol. The molecule has 0 radical (unpaired) electrons. The largest absolute Gasteiger partial charge is 0.355 e. The molecule has 1 heterocycles. The molecule has 7 nitrogen and oxygen atoms in total. The quantitative estimate of drug-likeness (QED) is 0.801. The molecule has 9 heteroatoms. The van der Waals surface area contributed by atoms with Crippen LogP contribution in [0.1, 0.15) is 20.7 Å². The number of anilines is 1. The minimum atomic E-state index is -3.44. The Morgan fingerprint density at radius 1 is 1.17 bits per heavy atom. The first-order chi connectivity index (χ1) is 11.2. The zero-order valence-electron chi connectivity index (χ0n) is 12.8. The van der Waals surface area contributed by atoms with Crippen LogP contribution in [-0.4, -0.2) is 38.5 Å². The molecule has 0 saturated heterocycles. The third kappa shape index (κ3) is 4.09. The molecule has 2 rings (SSSR count). The van der Waals surface area contributed by atoms with Gasteiger partial charge in [0.2, 0.25) is 0 Å². The number of nitrogens with zero attached hydrogens (tertiary/aromatic N) is 1. The number of halogens is 1. The van der Waals surface area contributed by atoms with Gasteiger partial charge in [-0.15, -0.1) is 0 Å². The normalized spacial score (nSPS) is 11.0. The summed E-state index contributed by atoms with van der Waals surface area (Å²) in [4.78, 5) is 28.0. The number of carbonyl (C=O) groups is 2. The fourth-order valence-electron chi connectivity index (χ4n) is 1.91. The lowest BCUT2D eigenvalue weighted by Gasteiger charge is -2.11. The van der Waals surface area contributed by atoms with E-state index in [4.69, 9.17) is 11.6 Å². The Morgan fingerprint density at radius 3 is 2.50 bits per heavy atom. The Kier molecular flexibility index (Phi) is 5.20. The van der Waals surface area contributed by atoms with Crippen LogP contribution < -0.4 is 10.6 Å². The van der Waals surface area contributed by atoms with Gasteiger partial charge in [0, 0.05) is 25.1 Å². The topological polar surface area (TPSA) is 105 Å². The number of hydrogen-bond donors (Lipinski definition) is 2. The van der Waals surface area contributed by atoms with Gasteiger partial charge < -0.3 is 10.6 Å². The number of benzene rings is 1. The Labute approximate surface area is 144 Å². The molecule has 1 aromatic heterocycles. The molecule has 0 aliphatic heterocycles. The van der Waals surface area contributed by atoms with Crippen molar-refractivity contribution in [2.75, 3.05) is 18.6 Å². The second-order valence-corrected chi connectivity index (χ2v) is 7.29. The molecule has 0 fully saturated rings. The molecule has 0 atom stereocenters. The van der Waals surface area contributed by atoms with Crippen molar-refractivity contribution in [2.24, 2.45) is 0 Å². The molecule has 0 unspecified atom stereocenters. The lowest BCUT2D eigenvalue weighted by Crippen LogP contribution is -2.22. The molecule has 0 spiro atoms. The first-order valence-electron chi connectivity index (χ1n) is 6.71. The maximum Gasteiger partial charge on any atom is 0.255 e. The van der Waals surface area contributed by atoms with Crippen LogP contribution in [0.3, 0.4) is 0 Å². The standard InChI is InChI=1S/C15H14ClN3O4S/c1-17-15(21)11-8-18-13(16)7-12(11)19-14(20)9-4-3-5-10(6-9)24(2,22)23/h3-8H,1-2H3,(H,17,21)(H,18,19,20). The molecule has 1 aromatic carbocycles. The van der Waals surface area contributed by atoms with Crippen LogP contribution in [0.2, 0.25) is 5.15 Å². The van der Waals surface area contributed by atoms with Crippen molar-refractivity contribution < 1.29 is 18.0 Å². The molecular weight excluding hydrogens is 354 g/mol. The number of carbonyl (C=O) groups excluding carboxylic acids is 2. The van der Waals surface area contributed by atoms with Crippen molar-refractivity contribution in [1.29, 1.82) is 0 Å². The molecule has 126 valence electrons. The summed E-state index contributed by atoms with van der Waals surface area (Å²) in [5, 5.41) is 5.07. The van der Waals surface area contributed by atoms with Gasteiger partial charge in [0.15, 0.2) is 9.84 Å². The predicted octanol–water partition coefficient (Wildman–Crippen LogP) is 1.75. The van der Waals surface area contributed by atoms with Crippen molar-refractivity contribution in [3.05, 3.63) is 52.8 Å². The first kappa shape index (κ1) is 17.9. The van der Waals surface area contributed by atoms with Crippen LogP contribution in [0.5, 0.6) is 0 Å². The van der Waals surface area contributed by atoms with Gasteiger partial charge in [0.05, 0.1) is 16.1 Å². The van der Waals surface area contributed by atoms with Gasteiger partial charge in [-0.05, 0) is 24.3 Å². The highest BCUT2D eigenvalue weighted by Gasteiger charge is 2.16. The van der Waals surface area contributed by atoms with E-state index in [0.29, 0.717) is 0 Å². The number of nitrogens with one attached hydrogen (secondary N) is 2. The van der Waals surface area contributed by atoms with Gasteiger partial charge >= 0.3 is 0 Å².